The van der Waals surface area contributed by atoms with Gasteiger partial charge in [-0.1, -0.05) is 32.8 Å². The molecule has 2 nitrogen and oxygen atoms in total. The average molecular weight is 315 g/mol. The number of unbranched alkanes of at least 4 members (excludes halogenated alkanes) is 1. The highest BCUT2D eigenvalue weighted by Crippen LogP contribution is 2.14. The molecule has 0 aliphatic rings. The van der Waals surface area contributed by atoms with Crippen molar-refractivity contribution in [3.05, 3.63) is 24.4 Å². The Balaban J connectivity index is 0.00000289. The summed E-state index contributed by atoms with van der Waals surface area (Å²) < 4.78 is 2.38. The highest BCUT2D eigenvalue weighted by atomic mass is 79.9. The SMILES string of the molecule is CCCCC(CC)C[n+]1ccccc1N(C)C.[Br-]. The monoisotopic (exact) mass is 314 g/mol. The second-order valence-electron chi connectivity index (χ2n) is 5.02. The smallest absolute Gasteiger partial charge is 0.276 e. The van der Waals surface area contributed by atoms with Crippen molar-refractivity contribution in [1.29, 1.82) is 0 Å². The molecular formula is C15H27BrN2. The Morgan fingerprint density at radius 3 is 2.50 bits per heavy atom. The summed E-state index contributed by atoms with van der Waals surface area (Å²) in [6, 6.07) is 6.42. The molecule has 0 aromatic carbocycles. The first-order valence-corrected chi connectivity index (χ1v) is 6.84. The second kappa shape index (κ2) is 9.37. The zero-order valence-electron chi connectivity index (χ0n) is 12.2. The molecule has 104 valence electrons. The minimum Gasteiger partial charge on any atom is -1.00 e. The standard InChI is InChI=1S/C15H27N2.BrH/c1-5-7-10-14(6-2)13-17-12-9-8-11-15(17)16(3)4;/h8-9,11-12,14H,5-7,10,13H2,1-4H3;1H/q+1;/p-1. The molecule has 1 aromatic rings. The average Bonchev–Trinajstić information content (AvgIpc) is 2.34. The highest BCUT2D eigenvalue weighted by Gasteiger charge is 2.14. The molecule has 1 rings (SSSR count). The van der Waals surface area contributed by atoms with Gasteiger partial charge in [0.1, 0.15) is 0 Å². The lowest BCUT2D eigenvalue weighted by molar-refractivity contribution is -0.691. The largest absolute Gasteiger partial charge is 1.00 e. The summed E-state index contributed by atoms with van der Waals surface area (Å²) in [5.74, 6) is 2.10. The molecule has 0 spiro atoms. The van der Waals surface area contributed by atoms with Crippen LogP contribution in [0.5, 0.6) is 0 Å². The minimum absolute atomic E-state index is 0. The predicted octanol–water partition coefficient (Wildman–Crippen LogP) is 0.261. The van der Waals surface area contributed by atoms with Crippen LogP contribution in [0.2, 0.25) is 0 Å². The van der Waals surface area contributed by atoms with E-state index in [2.05, 4.69) is 61.8 Å². The van der Waals surface area contributed by atoms with Gasteiger partial charge < -0.3 is 17.0 Å². The van der Waals surface area contributed by atoms with Gasteiger partial charge in [-0.15, -0.1) is 0 Å². The zero-order valence-corrected chi connectivity index (χ0v) is 13.8. The Morgan fingerprint density at radius 1 is 1.22 bits per heavy atom. The quantitative estimate of drug-likeness (QED) is 0.655. The van der Waals surface area contributed by atoms with Gasteiger partial charge in [-0.2, -0.15) is 0 Å². The Kier molecular flexibility index (Phi) is 9.08. The molecule has 0 radical (unpaired) electrons. The molecule has 0 aliphatic carbocycles. The predicted molar refractivity (Wildman–Crippen MR) is 74.3 cm³/mol. The molecule has 1 atom stereocenters. The zero-order chi connectivity index (χ0) is 12.7. The molecule has 1 heterocycles. The molecule has 1 unspecified atom stereocenters. The first-order valence-electron chi connectivity index (χ1n) is 6.84. The molecule has 0 N–H and O–H groups in total. The maximum absolute atomic E-state index is 2.38. The molecule has 0 fully saturated rings. The van der Waals surface area contributed by atoms with Crippen LogP contribution in [0.1, 0.15) is 39.5 Å². The third-order valence-corrected chi connectivity index (χ3v) is 3.37. The minimum atomic E-state index is 0. The van der Waals surface area contributed by atoms with Gasteiger partial charge in [-0.25, -0.2) is 4.57 Å². The van der Waals surface area contributed by atoms with Crippen LogP contribution in [0.4, 0.5) is 5.82 Å². The number of rotatable bonds is 7. The van der Waals surface area contributed by atoms with E-state index in [0.717, 1.165) is 12.5 Å². The molecule has 18 heavy (non-hydrogen) atoms. The number of hydrogen-bond donors (Lipinski definition) is 0. The van der Waals surface area contributed by atoms with Gasteiger partial charge in [-0.05, 0) is 24.8 Å². The fraction of sp³-hybridized carbons (Fsp3) is 0.667. The summed E-state index contributed by atoms with van der Waals surface area (Å²) in [7, 11) is 4.22. The van der Waals surface area contributed by atoms with Gasteiger partial charge in [0, 0.05) is 6.07 Å². The van der Waals surface area contributed by atoms with E-state index in [1.165, 1.54) is 31.5 Å². The first kappa shape index (κ1) is 17.4. The van der Waals surface area contributed by atoms with Gasteiger partial charge in [0.2, 0.25) is 0 Å². The van der Waals surface area contributed by atoms with Crippen molar-refractivity contribution < 1.29 is 21.5 Å². The maximum atomic E-state index is 2.38. The van der Waals surface area contributed by atoms with Crippen molar-refractivity contribution in [3.63, 3.8) is 0 Å². The van der Waals surface area contributed by atoms with E-state index in [-0.39, 0.29) is 17.0 Å². The summed E-state index contributed by atoms with van der Waals surface area (Å²) in [5.41, 5.74) is 0. The molecule has 3 heteroatoms. The van der Waals surface area contributed by atoms with Crippen molar-refractivity contribution in [3.8, 4) is 0 Å². The molecule has 1 aromatic heterocycles. The van der Waals surface area contributed by atoms with Gasteiger partial charge in [0.05, 0.1) is 26.8 Å². The second-order valence-corrected chi connectivity index (χ2v) is 5.02. The summed E-state index contributed by atoms with van der Waals surface area (Å²) in [5, 5.41) is 0. The number of hydrogen-bond acceptors (Lipinski definition) is 1. The van der Waals surface area contributed by atoms with Crippen molar-refractivity contribution in [2.75, 3.05) is 19.0 Å². The third kappa shape index (κ3) is 5.38. The van der Waals surface area contributed by atoms with Crippen molar-refractivity contribution in [2.24, 2.45) is 5.92 Å². The van der Waals surface area contributed by atoms with Crippen LogP contribution in [-0.2, 0) is 6.54 Å². The lowest BCUT2D eigenvalue weighted by atomic mass is 9.99. The fourth-order valence-electron chi connectivity index (χ4n) is 2.22. The van der Waals surface area contributed by atoms with Crippen molar-refractivity contribution in [2.45, 2.75) is 46.1 Å². The molecule has 0 bridgehead atoms. The van der Waals surface area contributed by atoms with Crippen LogP contribution in [0.15, 0.2) is 24.4 Å². The Hall–Kier alpha value is -0.570. The lowest BCUT2D eigenvalue weighted by Crippen LogP contribution is -3.00. The number of aromatic nitrogens is 1. The lowest BCUT2D eigenvalue weighted by Gasteiger charge is -2.16. The van der Waals surface area contributed by atoms with E-state index in [0.29, 0.717) is 0 Å². The molecular weight excluding hydrogens is 288 g/mol. The van der Waals surface area contributed by atoms with E-state index in [1.54, 1.807) is 0 Å². The van der Waals surface area contributed by atoms with E-state index >= 15 is 0 Å². The van der Waals surface area contributed by atoms with Crippen molar-refractivity contribution >= 4 is 5.82 Å². The van der Waals surface area contributed by atoms with Gasteiger partial charge in [0.25, 0.3) is 5.82 Å². The Bertz CT molecular complexity index is 326. The van der Waals surface area contributed by atoms with Gasteiger partial charge in [-0.3, -0.25) is 4.90 Å². The summed E-state index contributed by atoms with van der Waals surface area (Å²) >= 11 is 0. The molecule has 0 saturated carbocycles. The number of anilines is 1. The van der Waals surface area contributed by atoms with Crippen LogP contribution in [0, 0.1) is 5.92 Å². The van der Waals surface area contributed by atoms with Crippen molar-refractivity contribution in [1.82, 2.24) is 0 Å². The van der Waals surface area contributed by atoms with Crippen LogP contribution in [0.3, 0.4) is 0 Å². The fourth-order valence-corrected chi connectivity index (χ4v) is 2.22. The van der Waals surface area contributed by atoms with E-state index in [9.17, 15) is 0 Å². The topological polar surface area (TPSA) is 7.12 Å². The normalized spacial score (nSPS) is 11.8. The van der Waals surface area contributed by atoms with Crippen LogP contribution < -0.4 is 26.4 Å². The van der Waals surface area contributed by atoms with Gasteiger partial charge in [0.15, 0.2) is 0 Å². The number of halogens is 1. The van der Waals surface area contributed by atoms with Crippen LogP contribution in [-0.4, -0.2) is 14.1 Å². The maximum Gasteiger partial charge on any atom is 0.276 e. The van der Waals surface area contributed by atoms with Crippen LogP contribution in [0.25, 0.3) is 0 Å². The van der Waals surface area contributed by atoms with Gasteiger partial charge >= 0.3 is 0 Å². The highest BCUT2D eigenvalue weighted by molar-refractivity contribution is 5.29. The van der Waals surface area contributed by atoms with E-state index in [4.69, 9.17) is 0 Å². The van der Waals surface area contributed by atoms with Crippen LogP contribution >= 0.6 is 0 Å². The van der Waals surface area contributed by atoms with E-state index in [1.807, 2.05) is 0 Å². The Labute approximate surface area is 123 Å². The van der Waals surface area contributed by atoms with E-state index < -0.39 is 0 Å². The molecule has 0 aliphatic heterocycles. The summed E-state index contributed by atoms with van der Waals surface area (Å²) in [4.78, 5) is 2.19. The molecule has 0 amide bonds. The number of nitrogens with zero attached hydrogens (tertiary/aromatic N) is 2. The summed E-state index contributed by atoms with van der Waals surface area (Å²) in [6.45, 7) is 5.72. The summed E-state index contributed by atoms with van der Waals surface area (Å²) in [6.07, 6.45) is 7.47. The first-order chi connectivity index (χ1) is 8.19. The Morgan fingerprint density at radius 2 is 1.94 bits per heavy atom. The molecule has 0 saturated heterocycles. The number of pyridine rings is 1. The third-order valence-electron chi connectivity index (χ3n) is 3.37.